The van der Waals surface area contributed by atoms with Gasteiger partial charge in [0, 0.05) is 6.54 Å². The fourth-order valence-electron chi connectivity index (χ4n) is 3.88. The molecular weight excluding hydrogens is 303 g/mol. The van der Waals surface area contributed by atoms with Crippen LogP contribution in [0.3, 0.4) is 0 Å². The molecule has 24 heavy (non-hydrogen) atoms. The number of halogens is 1. The largest absolute Gasteiger partial charge is 0.323 e. The van der Waals surface area contributed by atoms with Crippen LogP contribution >= 0.6 is 0 Å². The molecule has 4 heteroatoms. The molecule has 0 bridgehead atoms. The maximum Gasteiger partial charge on any atom is 0.232 e. The van der Waals surface area contributed by atoms with Crippen molar-refractivity contribution in [2.45, 2.75) is 38.1 Å². The Balaban J connectivity index is 1.59. The molecule has 2 N–H and O–H groups in total. The highest BCUT2D eigenvalue weighted by Gasteiger charge is 2.27. The first-order valence-electron chi connectivity index (χ1n) is 8.63. The normalized spacial score (nSPS) is 19.3. The van der Waals surface area contributed by atoms with Crippen molar-refractivity contribution in [2.24, 2.45) is 0 Å². The lowest BCUT2D eigenvalue weighted by Gasteiger charge is -2.25. The van der Waals surface area contributed by atoms with Gasteiger partial charge in [-0.05, 0) is 60.5 Å². The molecule has 2 aliphatic rings. The van der Waals surface area contributed by atoms with E-state index < -0.39 is 0 Å². The third kappa shape index (κ3) is 2.71. The van der Waals surface area contributed by atoms with Crippen molar-refractivity contribution in [1.82, 2.24) is 5.32 Å². The molecule has 1 aliphatic heterocycles. The van der Waals surface area contributed by atoms with Crippen LogP contribution in [0.2, 0.25) is 0 Å². The van der Waals surface area contributed by atoms with Gasteiger partial charge in [-0.2, -0.15) is 0 Å². The van der Waals surface area contributed by atoms with Crippen molar-refractivity contribution < 1.29 is 9.18 Å². The summed E-state index contributed by atoms with van der Waals surface area (Å²) in [5.41, 5.74) is 4.35. The van der Waals surface area contributed by atoms with E-state index in [9.17, 15) is 9.18 Å². The summed E-state index contributed by atoms with van der Waals surface area (Å²) in [6.45, 7) is 1.47. The predicted octanol–water partition coefficient (Wildman–Crippen LogP) is 3.53. The van der Waals surface area contributed by atoms with Crippen molar-refractivity contribution in [3.05, 3.63) is 64.5 Å². The molecule has 0 saturated heterocycles. The van der Waals surface area contributed by atoms with Crippen LogP contribution < -0.4 is 10.6 Å². The highest BCUT2D eigenvalue weighted by Crippen LogP contribution is 2.33. The first-order valence-corrected chi connectivity index (χ1v) is 8.63. The van der Waals surface area contributed by atoms with Gasteiger partial charge < -0.3 is 10.6 Å². The topological polar surface area (TPSA) is 41.1 Å². The summed E-state index contributed by atoms with van der Waals surface area (Å²) in [4.78, 5) is 12.8. The second-order valence-electron chi connectivity index (χ2n) is 6.62. The number of anilines is 1. The van der Waals surface area contributed by atoms with Gasteiger partial charge in [0.1, 0.15) is 5.82 Å². The smallest absolute Gasteiger partial charge is 0.232 e. The summed E-state index contributed by atoms with van der Waals surface area (Å²) in [6, 6.07) is 11.7. The van der Waals surface area contributed by atoms with E-state index >= 15 is 0 Å². The third-order valence-corrected chi connectivity index (χ3v) is 5.15. The van der Waals surface area contributed by atoms with Gasteiger partial charge in [0.2, 0.25) is 5.91 Å². The number of carbonyl (C=O) groups is 1. The average Bonchev–Trinajstić information content (AvgIpc) is 2.63. The minimum absolute atomic E-state index is 0.102. The molecule has 2 aromatic carbocycles. The van der Waals surface area contributed by atoms with Crippen LogP contribution in [0.1, 0.15) is 41.0 Å². The Labute approximate surface area is 141 Å². The average molecular weight is 324 g/mol. The molecule has 2 aromatic rings. The van der Waals surface area contributed by atoms with E-state index in [2.05, 4.69) is 16.7 Å². The summed E-state index contributed by atoms with van der Waals surface area (Å²) in [5.74, 6) is -0.562. The monoisotopic (exact) mass is 324 g/mol. The summed E-state index contributed by atoms with van der Waals surface area (Å²) in [7, 11) is 0. The van der Waals surface area contributed by atoms with E-state index in [1.165, 1.54) is 5.56 Å². The van der Waals surface area contributed by atoms with Crippen molar-refractivity contribution in [2.75, 3.05) is 11.9 Å². The van der Waals surface area contributed by atoms with Crippen molar-refractivity contribution in [3.63, 3.8) is 0 Å². The summed E-state index contributed by atoms with van der Waals surface area (Å²) >= 11 is 0. The summed E-state index contributed by atoms with van der Waals surface area (Å²) in [6.07, 6.45) is 3.49. The Morgan fingerprint density at radius 2 is 2.00 bits per heavy atom. The van der Waals surface area contributed by atoms with Gasteiger partial charge in [-0.3, -0.25) is 4.79 Å². The van der Waals surface area contributed by atoms with Gasteiger partial charge in [-0.25, -0.2) is 4.39 Å². The van der Waals surface area contributed by atoms with Crippen LogP contribution in [0.5, 0.6) is 0 Å². The number of benzene rings is 2. The van der Waals surface area contributed by atoms with Crippen molar-refractivity contribution in [1.29, 1.82) is 0 Å². The van der Waals surface area contributed by atoms with Crippen molar-refractivity contribution in [3.8, 4) is 0 Å². The van der Waals surface area contributed by atoms with E-state index in [1.54, 1.807) is 6.07 Å². The minimum atomic E-state index is -0.272. The Kier molecular flexibility index (Phi) is 4.07. The molecule has 1 amide bonds. The summed E-state index contributed by atoms with van der Waals surface area (Å²) in [5, 5.41) is 6.07. The van der Waals surface area contributed by atoms with Gasteiger partial charge in [0.25, 0.3) is 0 Å². The molecule has 0 fully saturated rings. The molecule has 0 spiro atoms. The van der Waals surface area contributed by atoms with Crippen LogP contribution in [-0.4, -0.2) is 12.5 Å². The van der Waals surface area contributed by atoms with Crippen LogP contribution in [0.4, 0.5) is 10.1 Å². The zero-order chi connectivity index (χ0) is 16.5. The number of amides is 1. The van der Waals surface area contributed by atoms with E-state index in [0.29, 0.717) is 18.7 Å². The number of nitrogens with one attached hydrogen (secondary N) is 2. The zero-order valence-corrected chi connectivity index (χ0v) is 13.6. The van der Waals surface area contributed by atoms with E-state index in [1.807, 2.05) is 24.3 Å². The van der Waals surface area contributed by atoms with E-state index in [4.69, 9.17) is 0 Å². The number of hydrogen-bond acceptors (Lipinski definition) is 2. The fraction of sp³-hybridized carbons (Fsp3) is 0.350. The van der Waals surface area contributed by atoms with Gasteiger partial charge in [-0.1, -0.05) is 30.3 Å². The molecule has 4 rings (SSSR count). The fourth-order valence-corrected chi connectivity index (χ4v) is 3.88. The minimum Gasteiger partial charge on any atom is -0.323 e. The molecule has 1 atom stereocenters. The molecule has 1 unspecified atom stereocenters. The number of aryl methyl sites for hydroxylation is 1. The number of rotatable bonds is 2. The Bertz CT molecular complexity index is 787. The Morgan fingerprint density at radius 3 is 2.92 bits per heavy atom. The van der Waals surface area contributed by atoms with Crippen molar-refractivity contribution >= 4 is 11.6 Å². The maximum atomic E-state index is 14.7. The third-order valence-electron chi connectivity index (χ3n) is 5.15. The molecule has 124 valence electrons. The summed E-state index contributed by atoms with van der Waals surface area (Å²) < 4.78 is 14.7. The lowest BCUT2D eigenvalue weighted by atomic mass is 9.82. The molecule has 3 nitrogen and oxygen atoms in total. The molecule has 1 aliphatic carbocycles. The lowest BCUT2D eigenvalue weighted by Crippen LogP contribution is -2.27. The molecular formula is C20H21FN2O. The molecule has 0 radical (unpaired) electrons. The van der Waals surface area contributed by atoms with Gasteiger partial charge in [0.05, 0.1) is 11.6 Å². The van der Waals surface area contributed by atoms with E-state index in [0.717, 1.165) is 42.5 Å². The highest BCUT2D eigenvalue weighted by atomic mass is 19.1. The zero-order valence-electron chi connectivity index (χ0n) is 13.6. The Morgan fingerprint density at radius 1 is 1.12 bits per heavy atom. The van der Waals surface area contributed by atoms with E-state index in [-0.39, 0.29) is 17.6 Å². The molecule has 1 heterocycles. The highest BCUT2D eigenvalue weighted by molar-refractivity contribution is 5.96. The van der Waals surface area contributed by atoms with Gasteiger partial charge in [0.15, 0.2) is 0 Å². The second kappa shape index (κ2) is 6.36. The number of carbonyl (C=O) groups excluding carboxylic acids is 1. The second-order valence-corrected chi connectivity index (χ2v) is 6.62. The number of fused-ring (bicyclic) bond motifs is 2. The number of hydrogen-bond donors (Lipinski definition) is 2. The van der Waals surface area contributed by atoms with Crippen LogP contribution in [0.25, 0.3) is 0 Å². The quantitative estimate of drug-likeness (QED) is 0.887. The van der Waals surface area contributed by atoms with Crippen LogP contribution in [0.15, 0.2) is 36.4 Å². The Hall–Kier alpha value is -2.20. The molecule has 0 aromatic heterocycles. The van der Waals surface area contributed by atoms with Crippen LogP contribution in [0, 0.1) is 5.82 Å². The van der Waals surface area contributed by atoms with Gasteiger partial charge in [-0.15, -0.1) is 0 Å². The lowest BCUT2D eigenvalue weighted by molar-refractivity contribution is -0.117. The standard InChI is InChI=1S/C20H21FN2O/c21-19-16-10-11-22-12-14(16)8-9-18(19)23-20(24)17-7-3-5-13-4-1-2-6-15(13)17/h1-2,4,6,8-9,17,22H,3,5,7,10-12H2,(H,23,24). The predicted molar refractivity (Wildman–Crippen MR) is 92.6 cm³/mol. The first kappa shape index (κ1) is 15.3. The SMILES string of the molecule is O=C(Nc1ccc2c(c1F)CCNC2)C1CCCc2ccccc21. The maximum absolute atomic E-state index is 14.7. The van der Waals surface area contributed by atoms with Gasteiger partial charge >= 0.3 is 0 Å². The molecule has 0 saturated carbocycles. The first-order chi connectivity index (χ1) is 11.7. The van der Waals surface area contributed by atoms with Crippen LogP contribution in [-0.2, 0) is 24.2 Å².